The Kier molecular flexibility index (Phi) is 4.88. The molecule has 4 heteroatoms. The average Bonchev–Trinajstić information content (AvgIpc) is 2.95. The second-order valence-corrected chi connectivity index (χ2v) is 5.86. The minimum Gasteiger partial charge on any atom is -0.378 e. The Morgan fingerprint density at radius 2 is 2.29 bits per heavy atom. The van der Waals surface area contributed by atoms with E-state index in [4.69, 9.17) is 4.74 Å². The van der Waals surface area contributed by atoms with E-state index in [0.29, 0.717) is 12.1 Å². The first kappa shape index (κ1) is 14.5. The van der Waals surface area contributed by atoms with E-state index < -0.39 is 0 Å². The van der Waals surface area contributed by atoms with Gasteiger partial charge in [-0.2, -0.15) is 0 Å². The summed E-state index contributed by atoms with van der Waals surface area (Å²) in [7, 11) is 0. The fourth-order valence-corrected chi connectivity index (χ4v) is 3.09. The first-order valence-electron chi connectivity index (χ1n) is 8.11. The van der Waals surface area contributed by atoms with Gasteiger partial charge in [0.25, 0.3) is 0 Å². The van der Waals surface area contributed by atoms with Gasteiger partial charge in [0.15, 0.2) is 0 Å². The van der Waals surface area contributed by atoms with Gasteiger partial charge >= 0.3 is 0 Å². The van der Waals surface area contributed by atoms with Gasteiger partial charge in [-0.1, -0.05) is 19.1 Å². The van der Waals surface area contributed by atoms with Crippen LogP contribution in [0.4, 0.5) is 0 Å². The molecule has 0 radical (unpaired) electrons. The number of ether oxygens (including phenoxy) is 1. The zero-order chi connectivity index (χ0) is 14.5. The van der Waals surface area contributed by atoms with Crippen LogP contribution in [-0.4, -0.2) is 34.8 Å². The van der Waals surface area contributed by atoms with Crippen molar-refractivity contribution in [3.8, 4) is 0 Å². The molecule has 21 heavy (non-hydrogen) atoms. The maximum absolute atomic E-state index is 5.72. The molecule has 1 fully saturated rings. The topological polar surface area (TPSA) is 39.1 Å². The molecule has 1 aliphatic rings. The molecule has 114 valence electrons. The van der Waals surface area contributed by atoms with Gasteiger partial charge in [-0.15, -0.1) is 0 Å². The molecule has 2 aromatic rings. The van der Waals surface area contributed by atoms with E-state index in [1.807, 2.05) is 12.4 Å². The van der Waals surface area contributed by atoms with Crippen molar-refractivity contribution in [1.29, 1.82) is 0 Å². The minimum absolute atomic E-state index is 0.453. The highest BCUT2D eigenvalue weighted by Gasteiger charge is 2.20. The number of para-hydroxylation sites is 2. The number of fused-ring (bicyclic) bond motifs is 1. The van der Waals surface area contributed by atoms with Crippen molar-refractivity contribution in [2.24, 2.45) is 0 Å². The third kappa shape index (κ3) is 3.63. The van der Waals surface area contributed by atoms with Gasteiger partial charge in [-0.05, 0) is 44.4 Å². The highest BCUT2D eigenvalue weighted by molar-refractivity contribution is 5.74. The molecule has 1 aliphatic heterocycles. The largest absolute Gasteiger partial charge is 0.378 e. The standard InChI is InChI=1S/C17H25N3O/c1-2-15-12-14(8-11-21-15)18-9-5-10-20-13-19-16-6-3-4-7-17(16)20/h3-4,6-7,13-15,18H,2,5,8-12H2,1H3. The number of nitrogens with one attached hydrogen (secondary N) is 1. The average molecular weight is 287 g/mol. The Bertz CT molecular complexity index is 566. The highest BCUT2D eigenvalue weighted by atomic mass is 16.5. The second kappa shape index (κ2) is 7.05. The smallest absolute Gasteiger partial charge is 0.0958 e. The van der Waals surface area contributed by atoms with Crippen LogP contribution < -0.4 is 5.32 Å². The normalized spacial score (nSPS) is 22.7. The summed E-state index contributed by atoms with van der Waals surface area (Å²) >= 11 is 0. The zero-order valence-corrected chi connectivity index (χ0v) is 12.8. The van der Waals surface area contributed by atoms with Gasteiger partial charge in [0, 0.05) is 19.2 Å². The fourth-order valence-electron chi connectivity index (χ4n) is 3.09. The molecule has 3 rings (SSSR count). The lowest BCUT2D eigenvalue weighted by atomic mass is 10.0. The molecule has 2 heterocycles. The lowest BCUT2D eigenvalue weighted by molar-refractivity contribution is -0.0000147. The number of aromatic nitrogens is 2. The van der Waals surface area contributed by atoms with Crippen molar-refractivity contribution in [2.75, 3.05) is 13.2 Å². The number of benzene rings is 1. The van der Waals surface area contributed by atoms with Gasteiger partial charge in [0.05, 0.1) is 23.5 Å². The van der Waals surface area contributed by atoms with Crippen LogP contribution in [0.2, 0.25) is 0 Å². The molecule has 0 saturated carbocycles. The van der Waals surface area contributed by atoms with Gasteiger partial charge < -0.3 is 14.6 Å². The van der Waals surface area contributed by atoms with E-state index in [1.165, 1.54) is 5.52 Å². The molecule has 0 bridgehead atoms. The van der Waals surface area contributed by atoms with Crippen molar-refractivity contribution in [3.63, 3.8) is 0 Å². The maximum atomic E-state index is 5.72. The molecule has 0 spiro atoms. The molecule has 4 nitrogen and oxygen atoms in total. The summed E-state index contributed by atoms with van der Waals surface area (Å²) in [6.45, 7) is 5.20. The number of nitrogens with zero attached hydrogens (tertiary/aromatic N) is 2. The molecule has 0 aliphatic carbocycles. The van der Waals surface area contributed by atoms with Crippen LogP contribution in [0.15, 0.2) is 30.6 Å². The van der Waals surface area contributed by atoms with Gasteiger partial charge in [-0.25, -0.2) is 4.98 Å². The zero-order valence-electron chi connectivity index (χ0n) is 12.8. The van der Waals surface area contributed by atoms with Crippen molar-refractivity contribution in [3.05, 3.63) is 30.6 Å². The molecule has 2 unspecified atom stereocenters. The van der Waals surface area contributed by atoms with Crippen LogP contribution in [-0.2, 0) is 11.3 Å². The number of hydrogen-bond acceptors (Lipinski definition) is 3. The van der Waals surface area contributed by atoms with Crippen LogP contribution in [0.5, 0.6) is 0 Å². The first-order valence-corrected chi connectivity index (χ1v) is 8.11. The van der Waals surface area contributed by atoms with Gasteiger partial charge in [0.1, 0.15) is 0 Å². The lowest BCUT2D eigenvalue weighted by Crippen LogP contribution is -2.39. The van der Waals surface area contributed by atoms with Crippen LogP contribution in [0.3, 0.4) is 0 Å². The van der Waals surface area contributed by atoms with Crippen LogP contribution >= 0.6 is 0 Å². The third-order valence-corrected chi connectivity index (χ3v) is 4.36. The van der Waals surface area contributed by atoms with E-state index in [0.717, 1.165) is 50.9 Å². The van der Waals surface area contributed by atoms with Crippen LogP contribution in [0.25, 0.3) is 11.0 Å². The monoisotopic (exact) mass is 287 g/mol. The van der Waals surface area contributed by atoms with E-state index in [1.54, 1.807) is 0 Å². The molecular weight excluding hydrogens is 262 g/mol. The van der Waals surface area contributed by atoms with Crippen LogP contribution in [0.1, 0.15) is 32.6 Å². The summed E-state index contributed by atoms with van der Waals surface area (Å²) in [4.78, 5) is 4.43. The van der Waals surface area contributed by atoms with Gasteiger partial charge in [-0.3, -0.25) is 0 Å². The quantitative estimate of drug-likeness (QED) is 0.830. The molecular formula is C17H25N3O. The van der Waals surface area contributed by atoms with Gasteiger partial charge in [0.2, 0.25) is 0 Å². The Balaban J connectivity index is 1.44. The molecule has 1 aromatic carbocycles. The molecule has 1 N–H and O–H groups in total. The van der Waals surface area contributed by atoms with E-state index >= 15 is 0 Å². The Morgan fingerprint density at radius 3 is 3.19 bits per heavy atom. The number of hydrogen-bond donors (Lipinski definition) is 1. The molecule has 1 saturated heterocycles. The Labute approximate surface area is 126 Å². The van der Waals surface area contributed by atoms with E-state index in [2.05, 4.69) is 40.0 Å². The molecule has 1 aromatic heterocycles. The summed E-state index contributed by atoms with van der Waals surface area (Å²) in [6.07, 6.45) is 6.96. The lowest BCUT2D eigenvalue weighted by Gasteiger charge is -2.29. The predicted octanol–water partition coefficient (Wildman–Crippen LogP) is 2.97. The Morgan fingerprint density at radius 1 is 1.38 bits per heavy atom. The molecule has 0 amide bonds. The number of imidazole rings is 1. The van der Waals surface area contributed by atoms with Crippen molar-refractivity contribution in [1.82, 2.24) is 14.9 Å². The molecule has 2 atom stereocenters. The van der Waals surface area contributed by atoms with E-state index in [-0.39, 0.29) is 0 Å². The van der Waals surface area contributed by atoms with E-state index in [9.17, 15) is 0 Å². The highest BCUT2D eigenvalue weighted by Crippen LogP contribution is 2.16. The van der Waals surface area contributed by atoms with Crippen molar-refractivity contribution in [2.45, 2.75) is 51.3 Å². The maximum Gasteiger partial charge on any atom is 0.0958 e. The first-order chi connectivity index (χ1) is 10.4. The summed E-state index contributed by atoms with van der Waals surface area (Å²) in [5.41, 5.74) is 2.32. The summed E-state index contributed by atoms with van der Waals surface area (Å²) in [5, 5.41) is 3.68. The number of aryl methyl sites for hydroxylation is 1. The van der Waals surface area contributed by atoms with Crippen molar-refractivity contribution >= 4 is 11.0 Å². The third-order valence-electron chi connectivity index (χ3n) is 4.36. The summed E-state index contributed by atoms with van der Waals surface area (Å²) < 4.78 is 7.96. The van der Waals surface area contributed by atoms with Crippen LogP contribution in [0, 0.1) is 0 Å². The SMILES string of the molecule is CCC1CC(NCCCn2cnc3ccccc32)CCO1. The van der Waals surface area contributed by atoms with Crippen molar-refractivity contribution < 1.29 is 4.74 Å². The summed E-state index contributed by atoms with van der Waals surface area (Å²) in [6, 6.07) is 8.95. The second-order valence-electron chi connectivity index (χ2n) is 5.86. The number of rotatable bonds is 6. The Hall–Kier alpha value is -1.39. The predicted molar refractivity (Wildman–Crippen MR) is 85.4 cm³/mol. The summed E-state index contributed by atoms with van der Waals surface area (Å²) in [5.74, 6) is 0. The fraction of sp³-hybridized carbons (Fsp3) is 0.588. The minimum atomic E-state index is 0.453.